The second-order valence-corrected chi connectivity index (χ2v) is 9.51. The van der Waals surface area contributed by atoms with Crippen LogP contribution in [0.5, 0.6) is 23.0 Å². The van der Waals surface area contributed by atoms with Gasteiger partial charge in [-0.1, -0.05) is 12.1 Å². The lowest BCUT2D eigenvalue weighted by Crippen LogP contribution is -2.20. The third-order valence-electron chi connectivity index (χ3n) is 4.58. The molecule has 0 atom stereocenters. The highest BCUT2D eigenvalue weighted by Crippen LogP contribution is 2.45. The van der Waals surface area contributed by atoms with Crippen LogP contribution in [0.2, 0.25) is 0 Å². The van der Waals surface area contributed by atoms with Crippen LogP contribution >= 0.6 is 23.5 Å². The molecule has 0 bridgehead atoms. The van der Waals surface area contributed by atoms with Crippen LogP contribution in [-0.4, -0.2) is 31.1 Å². The van der Waals surface area contributed by atoms with Gasteiger partial charge in [0.1, 0.15) is 23.0 Å². The average molecular weight is 454 g/mol. The maximum atomic E-state index is 12.2. The maximum absolute atomic E-state index is 12.2. The summed E-state index contributed by atoms with van der Waals surface area (Å²) in [6.45, 7) is -0.0453. The van der Waals surface area contributed by atoms with Crippen molar-refractivity contribution in [1.29, 1.82) is 0 Å². The minimum absolute atomic E-state index is 0.0453. The van der Waals surface area contributed by atoms with Crippen molar-refractivity contribution in [3.8, 4) is 23.0 Å². The fraction of sp³-hybridized carbons (Fsp3) is 0.208. The summed E-state index contributed by atoms with van der Waals surface area (Å²) in [7, 11) is 1.62. The Bertz CT molecular complexity index is 986. The molecule has 3 aromatic rings. The zero-order valence-corrected chi connectivity index (χ0v) is 18.7. The van der Waals surface area contributed by atoms with Gasteiger partial charge in [0.2, 0.25) is 0 Å². The molecule has 4 rings (SSSR count). The second kappa shape index (κ2) is 10.5. The molecule has 0 aliphatic carbocycles. The van der Waals surface area contributed by atoms with E-state index < -0.39 is 0 Å². The highest BCUT2D eigenvalue weighted by molar-refractivity contribution is 8.19. The minimum atomic E-state index is -0.213. The van der Waals surface area contributed by atoms with E-state index in [2.05, 4.69) is 17.4 Å². The molecule has 1 fully saturated rings. The average Bonchev–Trinajstić information content (AvgIpc) is 3.35. The Hall–Kier alpha value is -2.77. The van der Waals surface area contributed by atoms with E-state index in [-0.39, 0.29) is 12.5 Å². The Balaban J connectivity index is 1.24. The van der Waals surface area contributed by atoms with Crippen molar-refractivity contribution < 1.29 is 19.0 Å². The third kappa shape index (κ3) is 6.12. The maximum Gasteiger partial charge on any atom is 0.262 e. The molecule has 1 N–H and O–H groups in total. The van der Waals surface area contributed by atoms with Crippen molar-refractivity contribution in [2.75, 3.05) is 30.5 Å². The van der Waals surface area contributed by atoms with Gasteiger partial charge < -0.3 is 19.5 Å². The first-order valence-electron chi connectivity index (χ1n) is 9.87. The van der Waals surface area contributed by atoms with Gasteiger partial charge >= 0.3 is 0 Å². The van der Waals surface area contributed by atoms with E-state index in [4.69, 9.17) is 14.2 Å². The molecule has 0 saturated carbocycles. The van der Waals surface area contributed by atoms with Crippen molar-refractivity contribution >= 4 is 35.1 Å². The lowest BCUT2D eigenvalue weighted by molar-refractivity contribution is -0.118. The number of amides is 1. The molecule has 1 aliphatic rings. The molecular formula is C24H23NO4S2. The molecule has 31 heavy (non-hydrogen) atoms. The number of rotatable bonds is 8. The van der Waals surface area contributed by atoms with Crippen molar-refractivity contribution in [3.05, 3.63) is 78.4 Å². The van der Waals surface area contributed by atoms with E-state index in [1.54, 1.807) is 31.4 Å². The quantitative estimate of drug-likeness (QED) is 0.453. The van der Waals surface area contributed by atoms with Crippen LogP contribution in [0.15, 0.2) is 72.8 Å². The van der Waals surface area contributed by atoms with Crippen LogP contribution in [0.25, 0.3) is 0 Å². The number of hydrogen-bond acceptors (Lipinski definition) is 6. The summed E-state index contributed by atoms with van der Waals surface area (Å²) >= 11 is 3.94. The van der Waals surface area contributed by atoms with Gasteiger partial charge in [-0.3, -0.25) is 4.79 Å². The third-order valence-corrected chi connectivity index (χ3v) is 7.68. The molecule has 160 valence electrons. The monoisotopic (exact) mass is 453 g/mol. The number of ether oxygens (including phenoxy) is 3. The normalized spacial score (nSPS) is 13.6. The zero-order chi connectivity index (χ0) is 21.5. The number of thioether (sulfide) groups is 2. The van der Waals surface area contributed by atoms with Crippen molar-refractivity contribution in [2.45, 2.75) is 4.58 Å². The summed E-state index contributed by atoms with van der Waals surface area (Å²) in [5.41, 5.74) is 1.97. The molecule has 7 heteroatoms. The Morgan fingerprint density at radius 1 is 0.839 bits per heavy atom. The molecule has 1 aliphatic heterocycles. The van der Waals surface area contributed by atoms with Crippen LogP contribution in [0.1, 0.15) is 10.1 Å². The molecule has 5 nitrogen and oxygen atoms in total. The van der Waals surface area contributed by atoms with E-state index in [0.717, 1.165) is 5.75 Å². The number of benzene rings is 3. The van der Waals surface area contributed by atoms with E-state index in [1.165, 1.54) is 17.1 Å². The highest BCUT2D eigenvalue weighted by Gasteiger charge is 2.18. The zero-order valence-electron chi connectivity index (χ0n) is 17.1. The van der Waals surface area contributed by atoms with E-state index in [0.29, 0.717) is 27.5 Å². The summed E-state index contributed by atoms with van der Waals surface area (Å²) in [5.74, 6) is 5.03. The molecule has 3 aromatic carbocycles. The van der Waals surface area contributed by atoms with Gasteiger partial charge in [0, 0.05) is 17.2 Å². The molecule has 0 radical (unpaired) electrons. The molecule has 0 spiro atoms. The van der Waals surface area contributed by atoms with Crippen molar-refractivity contribution in [1.82, 2.24) is 0 Å². The first-order chi connectivity index (χ1) is 15.2. The fourth-order valence-corrected chi connectivity index (χ4v) is 5.86. The van der Waals surface area contributed by atoms with Crippen molar-refractivity contribution in [3.63, 3.8) is 0 Å². The number of carbonyl (C=O) groups excluding carboxylic acids is 1. The molecule has 0 unspecified atom stereocenters. The summed E-state index contributed by atoms with van der Waals surface area (Å²) in [6, 6.07) is 22.5. The first kappa shape index (κ1) is 21.5. The van der Waals surface area contributed by atoms with E-state index in [9.17, 15) is 4.79 Å². The number of methoxy groups -OCH3 is 1. The van der Waals surface area contributed by atoms with Gasteiger partial charge in [-0.05, 0) is 66.2 Å². The van der Waals surface area contributed by atoms with Gasteiger partial charge in [-0.25, -0.2) is 0 Å². The minimum Gasteiger partial charge on any atom is -0.497 e. The molecular weight excluding hydrogens is 430 g/mol. The number of anilines is 1. The van der Waals surface area contributed by atoms with Gasteiger partial charge in [0.15, 0.2) is 6.61 Å². The smallest absolute Gasteiger partial charge is 0.262 e. The van der Waals surface area contributed by atoms with Crippen LogP contribution in [0.4, 0.5) is 5.69 Å². The Kier molecular flexibility index (Phi) is 7.27. The summed E-state index contributed by atoms with van der Waals surface area (Å²) in [4.78, 5) is 12.2. The highest BCUT2D eigenvalue weighted by atomic mass is 32.2. The van der Waals surface area contributed by atoms with E-state index in [1.807, 2.05) is 59.9 Å². The summed E-state index contributed by atoms with van der Waals surface area (Å²) in [5, 5.41) is 2.83. The lowest BCUT2D eigenvalue weighted by Gasteiger charge is -2.11. The largest absolute Gasteiger partial charge is 0.497 e. The standard InChI is InChI=1S/C24H23NO4S2/c1-27-19-10-12-22(13-11-19)29-21-8-4-18(5-9-21)25-23(26)16-28-20-6-2-17(3-7-20)24-30-14-15-31-24/h2-13,24H,14-16H2,1H3,(H,25,26). The molecule has 0 aromatic heterocycles. The first-order valence-corrected chi connectivity index (χ1v) is 12.0. The molecule has 1 saturated heterocycles. The van der Waals surface area contributed by atoms with Crippen LogP contribution < -0.4 is 19.5 Å². The molecule has 1 amide bonds. The van der Waals surface area contributed by atoms with E-state index >= 15 is 0 Å². The number of hydrogen-bond donors (Lipinski definition) is 1. The Morgan fingerprint density at radius 3 is 2.00 bits per heavy atom. The fourth-order valence-electron chi connectivity index (χ4n) is 3.00. The second-order valence-electron chi connectivity index (χ2n) is 6.78. The molecule has 1 heterocycles. The van der Waals surface area contributed by atoms with Crippen molar-refractivity contribution in [2.24, 2.45) is 0 Å². The van der Waals surface area contributed by atoms with Gasteiger partial charge in [-0.2, -0.15) is 0 Å². The van der Waals surface area contributed by atoms with Crippen LogP contribution in [0, 0.1) is 0 Å². The number of nitrogens with one attached hydrogen (secondary N) is 1. The van der Waals surface area contributed by atoms with Crippen LogP contribution in [0.3, 0.4) is 0 Å². The Morgan fingerprint density at radius 2 is 1.39 bits per heavy atom. The topological polar surface area (TPSA) is 56.8 Å². The summed E-state index contributed by atoms with van der Waals surface area (Å²) in [6.07, 6.45) is 0. The number of carbonyl (C=O) groups is 1. The van der Waals surface area contributed by atoms with Gasteiger partial charge in [0.05, 0.1) is 11.7 Å². The van der Waals surface area contributed by atoms with Gasteiger partial charge in [-0.15, -0.1) is 23.5 Å². The Labute approximate surface area is 190 Å². The predicted molar refractivity (Wildman–Crippen MR) is 128 cm³/mol. The lowest BCUT2D eigenvalue weighted by atomic mass is 10.2. The van der Waals surface area contributed by atoms with Gasteiger partial charge in [0.25, 0.3) is 5.91 Å². The predicted octanol–water partition coefficient (Wildman–Crippen LogP) is 5.98. The summed E-state index contributed by atoms with van der Waals surface area (Å²) < 4.78 is 17.1. The van der Waals surface area contributed by atoms with Crippen LogP contribution in [-0.2, 0) is 4.79 Å². The SMILES string of the molecule is COc1ccc(Oc2ccc(NC(=O)COc3ccc(C4SCCS4)cc3)cc2)cc1.